The maximum absolute atomic E-state index is 13.2. The number of fused-ring (bicyclic) bond motifs is 1. The number of amides is 1. The number of pyridine rings is 1. The van der Waals surface area contributed by atoms with Crippen molar-refractivity contribution in [3.63, 3.8) is 0 Å². The van der Waals surface area contributed by atoms with Crippen molar-refractivity contribution in [2.24, 2.45) is 0 Å². The molecule has 1 aliphatic heterocycles. The monoisotopic (exact) mass is 372 g/mol. The van der Waals surface area contributed by atoms with Crippen LogP contribution < -0.4 is 9.64 Å². The topological polar surface area (TPSA) is 82.9 Å². The highest BCUT2D eigenvalue weighted by Gasteiger charge is 2.31. The van der Waals surface area contributed by atoms with Crippen molar-refractivity contribution >= 4 is 17.7 Å². The predicted octanol–water partition coefficient (Wildman–Crippen LogP) is 1.92. The Morgan fingerprint density at radius 3 is 2.70 bits per heavy atom. The van der Waals surface area contributed by atoms with Crippen molar-refractivity contribution in [2.45, 2.75) is 19.4 Å². The summed E-state index contributed by atoms with van der Waals surface area (Å²) in [6.45, 7) is 1.49. The molecule has 0 bridgehead atoms. The SMILES string of the molecule is C/C=C(\CO)c1ncc(Cc2ccc(F)cc2)c2c1N(C=O)CC(CO)O2. The summed E-state index contributed by atoms with van der Waals surface area (Å²) in [5.74, 6) is 0.119. The van der Waals surface area contributed by atoms with Crippen LogP contribution in [-0.4, -0.2) is 47.5 Å². The van der Waals surface area contributed by atoms with E-state index in [9.17, 15) is 19.4 Å². The zero-order valence-electron chi connectivity index (χ0n) is 14.9. The number of anilines is 1. The number of rotatable bonds is 6. The number of aromatic nitrogens is 1. The number of nitrogens with zero attached hydrogens (tertiary/aromatic N) is 2. The molecule has 0 radical (unpaired) electrons. The number of halogens is 1. The van der Waals surface area contributed by atoms with Gasteiger partial charge in [-0.05, 0) is 24.6 Å². The lowest BCUT2D eigenvalue weighted by Crippen LogP contribution is -2.42. The molecule has 2 aromatic rings. The summed E-state index contributed by atoms with van der Waals surface area (Å²) in [4.78, 5) is 17.6. The third-order valence-electron chi connectivity index (χ3n) is 4.51. The molecule has 27 heavy (non-hydrogen) atoms. The first kappa shape index (κ1) is 19.0. The van der Waals surface area contributed by atoms with Crippen molar-refractivity contribution in [3.8, 4) is 5.75 Å². The lowest BCUT2D eigenvalue weighted by atomic mass is 10.0. The van der Waals surface area contributed by atoms with Gasteiger partial charge in [-0.1, -0.05) is 18.2 Å². The Kier molecular flexibility index (Phi) is 5.83. The van der Waals surface area contributed by atoms with Gasteiger partial charge in [-0.15, -0.1) is 0 Å². The van der Waals surface area contributed by atoms with E-state index in [1.165, 1.54) is 17.0 Å². The number of carbonyl (C=O) groups is 1. The smallest absolute Gasteiger partial charge is 0.214 e. The van der Waals surface area contributed by atoms with Crippen molar-refractivity contribution in [1.29, 1.82) is 0 Å². The number of carbonyl (C=O) groups excluding carboxylic acids is 1. The Morgan fingerprint density at radius 2 is 2.11 bits per heavy atom. The minimum atomic E-state index is -0.562. The molecular formula is C20H21FN2O4. The summed E-state index contributed by atoms with van der Waals surface area (Å²) in [6, 6.07) is 6.10. The van der Waals surface area contributed by atoms with Gasteiger partial charge in [0.2, 0.25) is 6.41 Å². The molecule has 0 saturated heterocycles. The molecule has 0 fully saturated rings. The van der Waals surface area contributed by atoms with Crippen LogP contribution in [0.25, 0.3) is 5.57 Å². The van der Waals surface area contributed by atoms with E-state index in [1.54, 1.807) is 31.3 Å². The molecule has 2 N–H and O–H groups in total. The minimum absolute atomic E-state index is 0.185. The van der Waals surface area contributed by atoms with Gasteiger partial charge in [0.05, 0.1) is 25.5 Å². The van der Waals surface area contributed by atoms with Crippen LogP contribution in [0.5, 0.6) is 5.75 Å². The summed E-state index contributed by atoms with van der Waals surface area (Å²) < 4.78 is 19.1. The van der Waals surface area contributed by atoms with Gasteiger partial charge in [-0.3, -0.25) is 9.78 Å². The van der Waals surface area contributed by atoms with Crippen LogP contribution in [0.2, 0.25) is 0 Å². The standard InChI is InChI=1S/C20H21FN2O4/c1-2-14(10-24)18-19-20(27-17(11-25)9-23(19)12-26)15(8-22-18)7-13-3-5-16(21)6-4-13/h2-6,8,12,17,24-25H,7,9-11H2,1H3/b14-2+. The fourth-order valence-electron chi connectivity index (χ4n) is 3.11. The molecule has 0 saturated carbocycles. The van der Waals surface area contributed by atoms with E-state index in [1.807, 2.05) is 0 Å². The van der Waals surface area contributed by atoms with Crippen LogP contribution in [-0.2, 0) is 11.2 Å². The van der Waals surface area contributed by atoms with Gasteiger partial charge in [0, 0.05) is 23.8 Å². The van der Waals surface area contributed by atoms with Gasteiger partial charge in [0.15, 0.2) is 5.75 Å². The van der Waals surface area contributed by atoms with Crippen LogP contribution in [0.15, 0.2) is 36.5 Å². The van der Waals surface area contributed by atoms with E-state index in [2.05, 4.69) is 4.98 Å². The van der Waals surface area contributed by atoms with E-state index in [-0.39, 0.29) is 25.6 Å². The van der Waals surface area contributed by atoms with Gasteiger partial charge in [0.25, 0.3) is 0 Å². The second-order valence-electron chi connectivity index (χ2n) is 6.27. The molecule has 1 aromatic heterocycles. The molecular weight excluding hydrogens is 351 g/mol. The summed E-state index contributed by atoms with van der Waals surface area (Å²) in [7, 11) is 0. The van der Waals surface area contributed by atoms with Crippen LogP contribution in [0.3, 0.4) is 0 Å². The number of hydrogen-bond donors (Lipinski definition) is 2. The number of ether oxygens (including phenoxy) is 1. The van der Waals surface area contributed by atoms with E-state index in [4.69, 9.17) is 4.74 Å². The van der Waals surface area contributed by atoms with Crippen molar-refractivity contribution in [2.75, 3.05) is 24.7 Å². The first-order valence-corrected chi connectivity index (χ1v) is 8.63. The predicted molar refractivity (Wildman–Crippen MR) is 99.1 cm³/mol. The van der Waals surface area contributed by atoms with Gasteiger partial charge in [-0.25, -0.2) is 4.39 Å². The van der Waals surface area contributed by atoms with E-state index >= 15 is 0 Å². The summed E-state index contributed by atoms with van der Waals surface area (Å²) >= 11 is 0. The van der Waals surface area contributed by atoms with Crippen molar-refractivity contribution in [3.05, 3.63) is 59.2 Å². The third-order valence-corrected chi connectivity index (χ3v) is 4.51. The Morgan fingerprint density at radius 1 is 1.37 bits per heavy atom. The molecule has 1 atom stereocenters. The number of hydrogen-bond acceptors (Lipinski definition) is 5. The zero-order chi connectivity index (χ0) is 19.4. The molecule has 1 aromatic carbocycles. The van der Waals surface area contributed by atoms with E-state index < -0.39 is 6.10 Å². The van der Waals surface area contributed by atoms with Gasteiger partial charge >= 0.3 is 0 Å². The van der Waals surface area contributed by atoms with Crippen LogP contribution in [0, 0.1) is 5.82 Å². The lowest BCUT2D eigenvalue weighted by molar-refractivity contribution is -0.108. The fraction of sp³-hybridized carbons (Fsp3) is 0.300. The highest BCUT2D eigenvalue weighted by atomic mass is 19.1. The number of allylic oxidation sites excluding steroid dienone is 1. The van der Waals surface area contributed by atoms with Crippen LogP contribution in [0.1, 0.15) is 23.7 Å². The second kappa shape index (κ2) is 8.28. The van der Waals surface area contributed by atoms with Gasteiger partial charge in [-0.2, -0.15) is 0 Å². The Labute approximate surface area is 156 Å². The first-order chi connectivity index (χ1) is 13.1. The van der Waals surface area contributed by atoms with Gasteiger partial charge in [0.1, 0.15) is 17.6 Å². The average molecular weight is 372 g/mol. The maximum atomic E-state index is 13.2. The number of benzene rings is 1. The first-order valence-electron chi connectivity index (χ1n) is 8.63. The molecule has 1 aliphatic rings. The maximum Gasteiger partial charge on any atom is 0.214 e. The molecule has 6 nitrogen and oxygen atoms in total. The fourth-order valence-corrected chi connectivity index (χ4v) is 3.11. The molecule has 3 rings (SSSR count). The molecule has 142 valence electrons. The summed E-state index contributed by atoms with van der Waals surface area (Å²) in [6.07, 6.45) is 3.88. The van der Waals surface area contributed by atoms with E-state index in [0.29, 0.717) is 41.1 Å². The quantitative estimate of drug-likeness (QED) is 0.757. The molecule has 2 heterocycles. The van der Waals surface area contributed by atoms with Crippen molar-refractivity contribution < 1.29 is 24.1 Å². The second-order valence-corrected chi connectivity index (χ2v) is 6.27. The Hall–Kier alpha value is -2.77. The number of aliphatic hydroxyl groups is 2. The molecule has 1 amide bonds. The van der Waals surface area contributed by atoms with Crippen molar-refractivity contribution in [1.82, 2.24) is 4.98 Å². The Balaban J connectivity index is 2.12. The average Bonchev–Trinajstić information content (AvgIpc) is 2.70. The number of aliphatic hydroxyl groups excluding tert-OH is 2. The van der Waals surface area contributed by atoms with Gasteiger partial charge < -0.3 is 19.8 Å². The molecule has 1 unspecified atom stereocenters. The molecule has 7 heteroatoms. The largest absolute Gasteiger partial charge is 0.484 e. The third kappa shape index (κ3) is 3.84. The van der Waals surface area contributed by atoms with Crippen LogP contribution in [0.4, 0.5) is 10.1 Å². The highest BCUT2D eigenvalue weighted by Crippen LogP contribution is 2.41. The Bertz CT molecular complexity index is 852. The molecule has 0 spiro atoms. The summed E-state index contributed by atoms with van der Waals surface area (Å²) in [5.41, 5.74) is 3.06. The lowest BCUT2D eigenvalue weighted by Gasteiger charge is -2.34. The summed E-state index contributed by atoms with van der Waals surface area (Å²) in [5, 5.41) is 19.2. The normalized spacial score (nSPS) is 16.7. The molecule has 0 aliphatic carbocycles. The van der Waals surface area contributed by atoms with Crippen LogP contribution >= 0.6 is 0 Å². The highest BCUT2D eigenvalue weighted by molar-refractivity contribution is 5.88. The minimum Gasteiger partial charge on any atom is -0.484 e. The zero-order valence-corrected chi connectivity index (χ0v) is 14.9. The van der Waals surface area contributed by atoms with E-state index in [0.717, 1.165) is 5.56 Å².